The molecular weight excluding hydrogens is 304 g/mol. The highest BCUT2D eigenvalue weighted by atomic mass is 15.1. The average Bonchev–Trinajstić information content (AvgIpc) is 2.69. The maximum atomic E-state index is 4.47. The zero-order chi connectivity index (χ0) is 17.6. The van der Waals surface area contributed by atoms with Gasteiger partial charge in [0.05, 0.1) is 0 Å². The van der Waals surface area contributed by atoms with Gasteiger partial charge < -0.3 is 4.90 Å². The number of aromatic nitrogens is 1. The van der Waals surface area contributed by atoms with Crippen molar-refractivity contribution in [3.05, 3.63) is 60.6 Å². The molecule has 0 amide bonds. The molecule has 2 aromatic rings. The van der Waals surface area contributed by atoms with Crippen molar-refractivity contribution in [1.29, 1.82) is 0 Å². The Balaban J connectivity index is 1.86. The first-order valence-electron chi connectivity index (χ1n) is 9.74. The number of nitrogens with zero attached hydrogens (tertiary/aromatic N) is 2. The van der Waals surface area contributed by atoms with Gasteiger partial charge in [-0.1, -0.05) is 44.9 Å². The summed E-state index contributed by atoms with van der Waals surface area (Å²) in [4.78, 5) is 6.83. The minimum absolute atomic E-state index is 0.643. The minimum atomic E-state index is 0.643. The highest BCUT2D eigenvalue weighted by Gasteiger charge is 2.21. The summed E-state index contributed by atoms with van der Waals surface area (Å²) in [6.07, 6.45) is 9.54. The van der Waals surface area contributed by atoms with Crippen LogP contribution in [0.3, 0.4) is 0 Å². The van der Waals surface area contributed by atoms with Crippen molar-refractivity contribution in [2.75, 3.05) is 11.4 Å². The molecule has 0 N–H and O–H groups in total. The Kier molecular flexibility index (Phi) is 5.91. The van der Waals surface area contributed by atoms with E-state index in [1.807, 2.05) is 6.20 Å². The Labute approximate surface area is 152 Å². The van der Waals surface area contributed by atoms with Crippen LogP contribution < -0.4 is 4.90 Å². The number of pyridine rings is 1. The molecule has 3 rings (SSSR count). The van der Waals surface area contributed by atoms with Crippen LogP contribution in [-0.2, 0) is 6.42 Å². The summed E-state index contributed by atoms with van der Waals surface area (Å²) >= 11 is 0. The smallest absolute Gasteiger partial charge is 0.0414 e. The lowest BCUT2D eigenvalue weighted by atomic mass is 9.86. The quantitative estimate of drug-likeness (QED) is 0.622. The summed E-state index contributed by atoms with van der Waals surface area (Å²) in [7, 11) is 0. The molecule has 0 radical (unpaired) electrons. The minimum Gasteiger partial charge on any atom is -0.346 e. The van der Waals surface area contributed by atoms with E-state index in [0.29, 0.717) is 5.92 Å². The Morgan fingerprint density at radius 2 is 1.84 bits per heavy atom. The molecule has 0 bridgehead atoms. The molecule has 0 aliphatic heterocycles. The summed E-state index contributed by atoms with van der Waals surface area (Å²) in [6.45, 7) is 9.81. The topological polar surface area (TPSA) is 16.1 Å². The molecule has 1 aliphatic carbocycles. The Morgan fingerprint density at radius 1 is 1.08 bits per heavy atom. The van der Waals surface area contributed by atoms with Crippen molar-refractivity contribution in [3.8, 4) is 11.1 Å². The fourth-order valence-corrected chi connectivity index (χ4v) is 3.91. The number of anilines is 1. The first-order chi connectivity index (χ1) is 12.2. The van der Waals surface area contributed by atoms with Crippen molar-refractivity contribution in [1.82, 2.24) is 4.98 Å². The van der Waals surface area contributed by atoms with Crippen molar-refractivity contribution >= 4 is 5.69 Å². The third-order valence-electron chi connectivity index (χ3n) is 5.41. The van der Waals surface area contributed by atoms with E-state index in [-0.39, 0.29) is 0 Å². The van der Waals surface area contributed by atoms with Gasteiger partial charge in [-0.25, -0.2) is 0 Å². The standard InChI is InChI=1S/C23H30N2/c1-4-22-16-21(14-15-24-22)20-12-9-13-23(17-20)25(5-2)18(3)19-10-7-6-8-11-19/h9,12-17,19H,3-8,10-11H2,1-2H3. The summed E-state index contributed by atoms with van der Waals surface area (Å²) in [5, 5.41) is 0. The van der Waals surface area contributed by atoms with E-state index < -0.39 is 0 Å². The lowest BCUT2D eigenvalue weighted by Gasteiger charge is -2.33. The second-order valence-electron chi connectivity index (χ2n) is 7.01. The number of rotatable bonds is 6. The summed E-state index contributed by atoms with van der Waals surface area (Å²) < 4.78 is 0. The van der Waals surface area contributed by atoms with Gasteiger partial charge in [0.1, 0.15) is 0 Å². The molecule has 0 atom stereocenters. The second kappa shape index (κ2) is 8.33. The average molecular weight is 335 g/mol. The molecule has 25 heavy (non-hydrogen) atoms. The van der Waals surface area contributed by atoms with Crippen LogP contribution in [0.4, 0.5) is 5.69 Å². The van der Waals surface area contributed by atoms with Gasteiger partial charge >= 0.3 is 0 Å². The van der Waals surface area contributed by atoms with Crippen LogP contribution in [-0.4, -0.2) is 11.5 Å². The summed E-state index contributed by atoms with van der Waals surface area (Å²) in [6, 6.07) is 13.2. The molecule has 0 unspecified atom stereocenters. The number of aryl methyl sites for hydroxylation is 1. The predicted octanol–water partition coefficient (Wildman–Crippen LogP) is 6.23. The lowest BCUT2D eigenvalue weighted by Crippen LogP contribution is -2.27. The number of allylic oxidation sites excluding steroid dienone is 1. The largest absolute Gasteiger partial charge is 0.346 e. The van der Waals surface area contributed by atoms with Crippen molar-refractivity contribution in [2.45, 2.75) is 52.4 Å². The summed E-state index contributed by atoms with van der Waals surface area (Å²) in [5.74, 6) is 0.643. The van der Waals surface area contributed by atoms with Crippen molar-refractivity contribution < 1.29 is 0 Å². The third-order valence-corrected chi connectivity index (χ3v) is 5.41. The van der Waals surface area contributed by atoms with Gasteiger partial charge in [0.25, 0.3) is 0 Å². The van der Waals surface area contributed by atoms with Crippen molar-refractivity contribution in [2.24, 2.45) is 5.92 Å². The SMILES string of the molecule is C=C(C1CCCCC1)N(CC)c1cccc(-c2ccnc(CC)c2)c1. The van der Waals surface area contributed by atoms with Gasteiger partial charge in [0.15, 0.2) is 0 Å². The van der Waals surface area contributed by atoms with Crippen LogP contribution in [0.2, 0.25) is 0 Å². The zero-order valence-electron chi connectivity index (χ0n) is 15.7. The van der Waals surface area contributed by atoms with E-state index in [4.69, 9.17) is 0 Å². The van der Waals surface area contributed by atoms with E-state index in [1.165, 1.54) is 54.6 Å². The number of hydrogen-bond donors (Lipinski definition) is 0. The van der Waals surface area contributed by atoms with Crippen LogP contribution >= 0.6 is 0 Å². The van der Waals surface area contributed by atoms with Gasteiger partial charge in [-0.05, 0) is 67.5 Å². The normalized spacial score (nSPS) is 15.1. The zero-order valence-corrected chi connectivity index (χ0v) is 15.7. The molecule has 132 valence electrons. The third kappa shape index (κ3) is 4.12. The molecule has 1 heterocycles. The van der Waals surface area contributed by atoms with Crippen LogP contribution in [0.15, 0.2) is 54.9 Å². The van der Waals surface area contributed by atoms with Gasteiger partial charge in [-0.3, -0.25) is 4.98 Å². The van der Waals surface area contributed by atoms with E-state index in [2.05, 4.69) is 66.7 Å². The monoisotopic (exact) mass is 334 g/mol. The molecule has 1 fully saturated rings. The molecule has 1 aromatic heterocycles. The number of benzene rings is 1. The fourth-order valence-electron chi connectivity index (χ4n) is 3.91. The highest BCUT2D eigenvalue weighted by molar-refractivity contribution is 5.69. The number of hydrogen-bond acceptors (Lipinski definition) is 2. The molecule has 1 saturated carbocycles. The predicted molar refractivity (Wildman–Crippen MR) is 108 cm³/mol. The van der Waals surface area contributed by atoms with Crippen LogP contribution in [0.25, 0.3) is 11.1 Å². The maximum Gasteiger partial charge on any atom is 0.0414 e. The molecular formula is C23H30N2. The highest BCUT2D eigenvalue weighted by Crippen LogP contribution is 2.34. The first kappa shape index (κ1) is 17.7. The van der Waals surface area contributed by atoms with Gasteiger partial charge in [0.2, 0.25) is 0 Å². The van der Waals surface area contributed by atoms with E-state index in [0.717, 1.165) is 18.7 Å². The van der Waals surface area contributed by atoms with Crippen LogP contribution in [0, 0.1) is 5.92 Å². The van der Waals surface area contributed by atoms with E-state index >= 15 is 0 Å². The van der Waals surface area contributed by atoms with Crippen LogP contribution in [0.1, 0.15) is 51.6 Å². The van der Waals surface area contributed by atoms with Gasteiger partial charge in [-0.15, -0.1) is 0 Å². The molecule has 1 aromatic carbocycles. The Hall–Kier alpha value is -2.09. The van der Waals surface area contributed by atoms with E-state index in [1.54, 1.807) is 0 Å². The summed E-state index contributed by atoms with van der Waals surface area (Å²) in [5.41, 5.74) is 6.19. The first-order valence-corrected chi connectivity index (χ1v) is 9.74. The lowest BCUT2D eigenvalue weighted by molar-refractivity contribution is 0.397. The maximum absolute atomic E-state index is 4.47. The van der Waals surface area contributed by atoms with Crippen molar-refractivity contribution in [3.63, 3.8) is 0 Å². The molecule has 2 heteroatoms. The van der Waals surface area contributed by atoms with Gasteiger partial charge in [0, 0.05) is 29.8 Å². The Bertz CT molecular complexity index is 714. The molecule has 0 spiro atoms. The fraction of sp³-hybridized carbons (Fsp3) is 0.435. The molecule has 1 aliphatic rings. The Morgan fingerprint density at radius 3 is 2.56 bits per heavy atom. The van der Waals surface area contributed by atoms with Crippen LogP contribution in [0.5, 0.6) is 0 Å². The van der Waals surface area contributed by atoms with Gasteiger partial charge in [-0.2, -0.15) is 0 Å². The molecule has 2 nitrogen and oxygen atoms in total. The van der Waals surface area contributed by atoms with E-state index in [9.17, 15) is 0 Å². The molecule has 0 saturated heterocycles. The second-order valence-corrected chi connectivity index (χ2v) is 7.01.